The molecule has 16 aromatic rings. The Morgan fingerprint density at radius 2 is 0.808 bits per heavy atom. The van der Waals surface area contributed by atoms with Gasteiger partial charge in [0.1, 0.15) is 0 Å². The third-order valence-corrected chi connectivity index (χ3v) is 22.6. The number of fused-ring (bicyclic) bond motifs is 10. The van der Waals surface area contributed by atoms with E-state index in [1.165, 1.54) is 38.2 Å². The van der Waals surface area contributed by atoms with Gasteiger partial charge in [-0.05, 0) is 176 Å². The highest BCUT2D eigenvalue weighted by Gasteiger charge is 2.48. The fourth-order valence-electron chi connectivity index (χ4n) is 16.2. The number of nitrogens with zero attached hydrogens (tertiary/aromatic N) is 3. The molecule has 2 aliphatic rings. The Hall–Kier alpha value is -10.5. The van der Waals surface area contributed by atoms with Crippen molar-refractivity contribution < 1.29 is 4.11 Å². The summed E-state index contributed by atoms with van der Waals surface area (Å²) in [5, 5.41) is 10.2. The van der Waals surface area contributed by atoms with E-state index >= 15 is 0 Å². The first-order valence-electron chi connectivity index (χ1n) is 36.6. The highest BCUT2D eigenvalue weighted by Crippen LogP contribution is 2.57. The van der Waals surface area contributed by atoms with E-state index in [0.29, 0.717) is 16.8 Å². The molecule has 4 heterocycles. The van der Waals surface area contributed by atoms with Gasteiger partial charge in [-0.15, -0.1) is 11.3 Å². The van der Waals surface area contributed by atoms with Gasteiger partial charge in [0.05, 0.1) is 32.2 Å². The van der Waals surface area contributed by atoms with Crippen LogP contribution in [-0.2, 0) is 21.7 Å². The third-order valence-electron chi connectivity index (χ3n) is 21.4. The molecule has 0 bridgehead atoms. The van der Waals surface area contributed by atoms with Gasteiger partial charge in [0, 0.05) is 70.6 Å². The highest BCUT2D eigenvalue weighted by atomic mass is 32.1. The van der Waals surface area contributed by atoms with E-state index < -0.39 is 12.1 Å². The minimum atomic E-state index is -0.616. The van der Waals surface area contributed by atoms with Crippen LogP contribution in [0.1, 0.15) is 109 Å². The van der Waals surface area contributed by atoms with Crippen molar-refractivity contribution in [2.75, 3.05) is 9.80 Å². The maximum atomic E-state index is 11.9. The van der Waals surface area contributed by atoms with E-state index in [4.69, 9.17) is 0 Å². The van der Waals surface area contributed by atoms with Crippen molar-refractivity contribution in [2.45, 2.75) is 105 Å². The molecule has 5 heteroatoms. The Bertz CT molecular complexity index is 6010. The number of anilines is 6. The van der Waals surface area contributed by atoms with Crippen LogP contribution < -0.4 is 25.5 Å². The van der Waals surface area contributed by atoms with E-state index in [1.54, 1.807) is 0 Å². The molecule has 0 saturated heterocycles. The van der Waals surface area contributed by atoms with Crippen molar-refractivity contribution in [1.29, 1.82) is 0 Å². The molecule has 0 atom stereocenters. The lowest BCUT2D eigenvalue weighted by atomic mass is 9.36. The Kier molecular flexibility index (Phi) is 12.8. The van der Waals surface area contributed by atoms with Crippen molar-refractivity contribution in [3.8, 4) is 50.2 Å². The zero-order valence-electron chi connectivity index (χ0n) is 61.5. The second-order valence-corrected chi connectivity index (χ2v) is 32.9. The number of para-hydroxylation sites is 1. The molecule has 0 radical (unpaired) electrons. The maximum Gasteiger partial charge on any atom is 0.264 e. The van der Waals surface area contributed by atoms with Crippen molar-refractivity contribution in [1.82, 2.24) is 4.57 Å². The molecule has 480 valence electrons. The Morgan fingerprint density at radius 3 is 1.34 bits per heavy atom. The topological polar surface area (TPSA) is 11.4 Å². The second kappa shape index (κ2) is 22.0. The van der Waals surface area contributed by atoms with Gasteiger partial charge in [-0.1, -0.05) is 283 Å². The molecule has 3 nitrogen and oxygen atoms in total. The lowest BCUT2D eigenvalue weighted by molar-refractivity contribution is 0.590. The number of benzene rings is 14. The normalized spacial score (nSPS) is 13.8. The molecule has 18 rings (SSSR count). The predicted molar refractivity (Wildman–Crippen MR) is 430 cm³/mol. The second-order valence-electron chi connectivity index (χ2n) is 31.8. The van der Waals surface area contributed by atoms with Crippen LogP contribution in [0.4, 0.5) is 34.1 Å². The Balaban J connectivity index is 1.06. The smallest absolute Gasteiger partial charge is 0.264 e. The SMILES string of the molecule is [2H]c1c([2H])c(-n2c3ccccc3c3c4ccc5cccc6ccc(cc32)c4c65)c([2H])c2c1B1c3sc4cc(C(C)(C)C)ccc4c3N(c3c(-c4ccccc4)cc(C(C)(C)C)cc3-c3ccccc3)c3cc(C(C)(C)C)cc(c31)N2c1c(-c2ccccc2)cc(C(C)(C)C)cc1-c1ccccc1. The maximum absolute atomic E-state index is 11.9. The van der Waals surface area contributed by atoms with Crippen LogP contribution in [0.2, 0.25) is 0 Å². The Morgan fingerprint density at radius 1 is 0.343 bits per heavy atom. The first kappa shape index (κ1) is 57.6. The fourth-order valence-corrected chi connectivity index (χ4v) is 17.5. The summed E-state index contributed by atoms with van der Waals surface area (Å²) in [5.41, 5.74) is 21.5. The zero-order chi connectivity index (χ0) is 70.4. The summed E-state index contributed by atoms with van der Waals surface area (Å²) in [5.74, 6) is 0. The quantitative estimate of drug-likeness (QED) is 0.116. The largest absolute Gasteiger partial charge is 0.310 e. The number of aromatic nitrogens is 1. The summed E-state index contributed by atoms with van der Waals surface area (Å²) in [6.45, 7) is 27.1. The summed E-state index contributed by atoms with van der Waals surface area (Å²) >= 11 is 1.81. The molecule has 0 aliphatic carbocycles. The summed E-state index contributed by atoms with van der Waals surface area (Å²) in [6, 6.07) is 92.1. The van der Waals surface area contributed by atoms with Crippen molar-refractivity contribution >= 4 is 132 Å². The molecule has 0 unspecified atom stereocenters. The van der Waals surface area contributed by atoms with Crippen molar-refractivity contribution in [3.05, 3.63) is 289 Å². The molecule has 0 fully saturated rings. The number of hydrogen-bond donors (Lipinski definition) is 0. The van der Waals surface area contributed by atoms with Crippen molar-refractivity contribution in [2.24, 2.45) is 0 Å². The summed E-state index contributed by atoms with van der Waals surface area (Å²) < 4.78 is 38.9. The van der Waals surface area contributed by atoms with Crippen LogP contribution in [0.5, 0.6) is 0 Å². The Labute approximate surface area is 590 Å². The fraction of sp³-hybridized carbons (Fsp3) is 0.170. The molecule has 0 N–H and O–H groups in total. The predicted octanol–water partition coefficient (Wildman–Crippen LogP) is 24.8. The van der Waals surface area contributed by atoms with E-state index in [9.17, 15) is 4.11 Å². The molecule has 99 heavy (non-hydrogen) atoms. The van der Waals surface area contributed by atoms with Gasteiger partial charge in [-0.25, -0.2) is 0 Å². The third kappa shape index (κ3) is 9.58. The van der Waals surface area contributed by atoms with E-state index in [2.05, 4.69) is 346 Å². The standard InChI is InChI=1S/C94H80BN3S/c1-91(2,3)64-43-46-70-82(55-64)99-90-89(70)98(88-74(59-32-21-15-22-33-59)51-66(93(7,8)9)52-75(88)60-34-23-16-24-35-60)81-54-67(94(10,11)12)53-80-86(81)95(90)76-47-44-68(96-77-39-26-25-38-69(77)85-71-45-42-62-37-27-36-61-40-41-63(48-79(85)96)84(71)83(61)62)56-78(76)97(80)87-72(57-28-17-13-18-29-57)49-65(92(4,5)6)50-73(87)58-30-19-14-20-31-58/h13-56H,1-12H3/i44D,47D,56D. The van der Waals surface area contributed by atoms with Crippen LogP contribution in [0, 0.1) is 0 Å². The molecule has 14 aromatic carbocycles. The van der Waals surface area contributed by atoms with Gasteiger partial charge in [0.25, 0.3) is 6.71 Å². The number of thiophene rings is 1. The van der Waals surface area contributed by atoms with Gasteiger partial charge in [-0.3, -0.25) is 0 Å². The van der Waals surface area contributed by atoms with E-state index in [-0.39, 0.29) is 34.4 Å². The summed E-state index contributed by atoms with van der Waals surface area (Å²) in [4.78, 5) is 5.09. The zero-order valence-corrected chi connectivity index (χ0v) is 59.3. The molecule has 2 aromatic heterocycles. The first-order chi connectivity index (χ1) is 48.9. The van der Waals surface area contributed by atoms with Crippen LogP contribution in [-0.4, -0.2) is 11.3 Å². The number of rotatable bonds is 7. The highest BCUT2D eigenvalue weighted by molar-refractivity contribution is 7.33. The first-order valence-corrected chi connectivity index (χ1v) is 35.9. The summed E-state index contributed by atoms with van der Waals surface area (Å²) in [6.07, 6.45) is 0. The van der Waals surface area contributed by atoms with Gasteiger partial charge >= 0.3 is 0 Å². The van der Waals surface area contributed by atoms with Gasteiger partial charge in [0.15, 0.2) is 0 Å². The lowest BCUT2D eigenvalue weighted by Crippen LogP contribution is -2.60. The van der Waals surface area contributed by atoms with Gasteiger partial charge in [0.2, 0.25) is 0 Å². The average molecular weight is 1300 g/mol. The summed E-state index contributed by atoms with van der Waals surface area (Å²) in [7, 11) is 0. The minimum absolute atomic E-state index is 0.00741. The van der Waals surface area contributed by atoms with E-state index in [1.807, 2.05) is 11.3 Å². The molecule has 0 amide bonds. The van der Waals surface area contributed by atoms with Crippen LogP contribution >= 0.6 is 11.3 Å². The van der Waals surface area contributed by atoms with E-state index in [0.717, 1.165) is 131 Å². The molecular weight excluding hydrogens is 1210 g/mol. The number of hydrogen-bond acceptors (Lipinski definition) is 3. The monoisotopic (exact) mass is 1300 g/mol. The minimum Gasteiger partial charge on any atom is -0.310 e. The van der Waals surface area contributed by atoms with Gasteiger partial charge < -0.3 is 14.4 Å². The lowest BCUT2D eigenvalue weighted by Gasteiger charge is -2.46. The van der Waals surface area contributed by atoms with Crippen LogP contribution in [0.3, 0.4) is 0 Å². The molecule has 0 spiro atoms. The average Bonchev–Trinajstić information content (AvgIpc) is 1.21. The molecule has 0 saturated carbocycles. The molecular formula is C94H80BN3S. The molecule has 2 aliphatic heterocycles. The van der Waals surface area contributed by atoms with Gasteiger partial charge in [-0.2, -0.15) is 0 Å². The van der Waals surface area contributed by atoms with Crippen LogP contribution in [0.15, 0.2) is 267 Å². The van der Waals surface area contributed by atoms with Crippen molar-refractivity contribution in [3.63, 3.8) is 0 Å². The van der Waals surface area contributed by atoms with Crippen LogP contribution in [0.25, 0.3) is 114 Å².